The third kappa shape index (κ3) is 3.69. The second kappa shape index (κ2) is 8.43. The van der Waals surface area contributed by atoms with Crippen LogP contribution in [-0.4, -0.2) is 66.3 Å². The fraction of sp³-hybridized carbons (Fsp3) is 0.360. The van der Waals surface area contributed by atoms with Gasteiger partial charge in [-0.25, -0.2) is 8.42 Å². The molecule has 2 aromatic carbocycles. The molecule has 0 radical (unpaired) electrons. The molecule has 2 atom stereocenters. The number of halogens is 1. The van der Waals surface area contributed by atoms with E-state index in [1.807, 2.05) is 24.3 Å². The number of sulfone groups is 1. The van der Waals surface area contributed by atoms with Crippen molar-refractivity contribution in [1.29, 1.82) is 0 Å². The molecular weight excluding hydrogens is 474 g/mol. The molecule has 3 aromatic rings. The summed E-state index contributed by atoms with van der Waals surface area (Å²) in [6, 6.07) is 13.2. The van der Waals surface area contributed by atoms with Crippen molar-refractivity contribution in [3.8, 4) is 0 Å². The molecule has 1 aromatic heterocycles. The molecule has 1 fully saturated rings. The quantitative estimate of drug-likeness (QED) is 0.545. The van der Waals surface area contributed by atoms with Crippen molar-refractivity contribution in [3.05, 3.63) is 65.4 Å². The Labute approximate surface area is 203 Å². The predicted octanol–water partition coefficient (Wildman–Crippen LogP) is 3.27. The highest BCUT2D eigenvalue weighted by molar-refractivity contribution is 7.92. The number of fused-ring (bicyclic) bond motifs is 3. The highest BCUT2D eigenvalue weighted by Crippen LogP contribution is 2.42. The van der Waals surface area contributed by atoms with E-state index in [0.29, 0.717) is 19.3 Å². The van der Waals surface area contributed by atoms with Crippen LogP contribution in [0.4, 0.5) is 0 Å². The molecule has 2 aliphatic rings. The lowest BCUT2D eigenvalue weighted by molar-refractivity contribution is -0.145. The monoisotopic (exact) mass is 499 g/mol. The van der Waals surface area contributed by atoms with Crippen LogP contribution in [0.3, 0.4) is 0 Å². The summed E-state index contributed by atoms with van der Waals surface area (Å²) in [5.74, 6) is -0.810. The van der Waals surface area contributed by atoms with Crippen molar-refractivity contribution in [2.24, 2.45) is 0 Å². The predicted molar refractivity (Wildman–Crippen MR) is 131 cm³/mol. The van der Waals surface area contributed by atoms with Gasteiger partial charge in [0.05, 0.1) is 16.2 Å². The van der Waals surface area contributed by atoms with E-state index in [2.05, 4.69) is 4.98 Å². The van der Waals surface area contributed by atoms with E-state index in [9.17, 15) is 18.0 Å². The standard InChI is InChI=1S/C25H26ClN3O4S/c1-28(2)25(31)21-13-19-18-5-3-4-6-20(18)27-23(19)24(29(21)22(30)14-26)15-7-9-16(10-8-15)34(32,33)17-11-12-17/h3-10,17,21,24,27H,11-14H2,1-2H3/t21-,24+/m1/s1. The van der Waals surface area contributed by atoms with Crippen LogP contribution in [0.1, 0.15) is 35.7 Å². The second-order valence-electron chi connectivity index (χ2n) is 9.17. The van der Waals surface area contributed by atoms with Crippen LogP contribution in [0.2, 0.25) is 0 Å². The van der Waals surface area contributed by atoms with Gasteiger partial charge >= 0.3 is 0 Å². The Morgan fingerprint density at radius 2 is 1.76 bits per heavy atom. The number of likely N-dealkylation sites (N-methyl/N-ethyl adjacent to an activating group) is 1. The van der Waals surface area contributed by atoms with Crippen molar-refractivity contribution in [2.45, 2.75) is 41.5 Å². The molecule has 0 spiro atoms. The van der Waals surface area contributed by atoms with Gasteiger partial charge < -0.3 is 14.8 Å². The molecule has 1 saturated carbocycles. The van der Waals surface area contributed by atoms with Crippen LogP contribution in [-0.2, 0) is 25.8 Å². The minimum absolute atomic E-state index is 0.188. The van der Waals surface area contributed by atoms with Gasteiger partial charge in [-0.2, -0.15) is 0 Å². The molecule has 5 rings (SSSR count). The number of aromatic nitrogens is 1. The molecule has 2 heterocycles. The first-order chi connectivity index (χ1) is 16.2. The molecule has 0 saturated heterocycles. The first kappa shape index (κ1) is 22.9. The summed E-state index contributed by atoms with van der Waals surface area (Å²) in [7, 11) is 0.00472. The summed E-state index contributed by atoms with van der Waals surface area (Å²) < 4.78 is 25.4. The van der Waals surface area contributed by atoms with Gasteiger partial charge in [-0.1, -0.05) is 30.3 Å². The fourth-order valence-electron chi connectivity index (χ4n) is 4.91. The Hall–Kier alpha value is -2.84. The summed E-state index contributed by atoms with van der Waals surface area (Å²) in [6.45, 7) is 0. The Bertz CT molecular complexity index is 1380. The first-order valence-electron chi connectivity index (χ1n) is 11.3. The molecule has 0 unspecified atom stereocenters. The number of nitrogens with zero attached hydrogens (tertiary/aromatic N) is 2. The van der Waals surface area contributed by atoms with Crippen LogP contribution < -0.4 is 0 Å². The highest BCUT2D eigenvalue weighted by atomic mass is 35.5. The lowest BCUT2D eigenvalue weighted by Crippen LogP contribution is -2.54. The summed E-state index contributed by atoms with van der Waals surface area (Å²) >= 11 is 6.01. The van der Waals surface area contributed by atoms with Crippen molar-refractivity contribution >= 4 is 44.2 Å². The number of nitrogens with one attached hydrogen (secondary N) is 1. The maximum atomic E-state index is 13.2. The number of rotatable bonds is 5. The zero-order chi connectivity index (χ0) is 24.2. The molecule has 2 amide bonds. The number of carbonyl (C=O) groups excluding carboxylic acids is 2. The van der Waals surface area contributed by atoms with Crippen LogP contribution in [0.5, 0.6) is 0 Å². The largest absolute Gasteiger partial charge is 0.356 e. The van der Waals surface area contributed by atoms with Gasteiger partial charge in [-0.05, 0) is 42.2 Å². The number of amides is 2. The SMILES string of the molecule is CN(C)C(=O)[C@H]1Cc2c([nH]c3ccccc23)[C@H](c2ccc(S(=O)(=O)C3CC3)cc2)N1C(=O)CCl. The molecule has 1 aliphatic heterocycles. The van der Waals surface area contributed by atoms with Gasteiger partial charge in [-0.15, -0.1) is 11.6 Å². The minimum Gasteiger partial charge on any atom is -0.356 e. The second-order valence-corrected chi connectivity index (χ2v) is 11.7. The van der Waals surface area contributed by atoms with Gasteiger partial charge in [0.1, 0.15) is 11.9 Å². The van der Waals surface area contributed by atoms with Crippen LogP contribution in [0, 0.1) is 0 Å². The van der Waals surface area contributed by atoms with Gasteiger partial charge in [0, 0.05) is 37.1 Å². The number of para-hydroxylation sites is 1. The van der Waals surface area contributed by atoms with Gasteiger partial charge in [0.2, 0.25) is 11.8 Å². The third-order valence-electron chi connectivity index (χ3n) is 6.75. The lowest BCUT2D eigenvalue weighted by atomic mass is 9.87. The van der Waals surface area contributed by atoms with E-state index < -0.39 is 21.9 Å². The van der Waals surface area contributed by atoms with Crippen LogP contribution in [0.25, 0.3) is 10.9 Å². The Morgan fingerprint density at radius 3 is 2.38 bits per heavy atom. The third-order valence-corrected chi connectivity index (χ3v) is 9.25. The fourth-order valence-corrected chi connectivity index (χ4v) is 6.71. The Balaban J connectivity index is 1.68. The van der Waals surface area contributed by atoms with E-state index in [1.54, 1.807) is 43.3 Å². The summed E-state index contributed by atoms with van der Waals surface area (Å²) in [5, 5.41) is 0.703. The van der Waals surface area contributed by atoms with Crippen LogP contribution >= 0.6 is 11.6 Å². The summed E-state index contributed by atoms with van der Waals surface area (Å²) in [6.07, 6.45) is 1.75. The minimum atomic E-state index is -3.33. The molecule has 7 nitrogen and oxygen atoms in total. The number of benzene rings is 2. The lowest BCUT2D eigenvalue weighted by Gasteiger charge is -2.42. The van der Waals surface area contributed by atoms with Crippen molar-refractivity contribution in [3.63, 3.8) is 0 Å². The number of hydrogen-bond donors (Lipinski definition) is 1. The van der Waals surface area contributed by atoms with Crippen molar-refractivity contribution < 1.29 is 18.0 Å². The molecule has 34 heavy (non-hydrogen) atoms. The molecule has 1 N–H and O–H groups in total. The van der Waals surface area contributed by atoms with Gasteiger partial charge in [0.15, 0.2) is 9.84 Å². The summed E-state index contributed by atoms with van der Waals surface area (Å²) in [5.41, 5.74) is 3.44. The van der Waals surface area contributed by atoms with E-state index >= 15 is 0 Å². The molecular formula is C25H26ClN3O4S. The average molecular weight is 500 g/mol. The van der Waals surface area contributed by atoms with Crippen LogP contribution in [0.15, 0.2) is 53.4 Å². The zero-order valence-electron chi connectivity index (χ0n) is 19.0. The number of H-pyrrole nitrogens is 1. The van der Waals surface area contributed by atoms with Gasteiger partial charge in [-0.3, -0.25) is 9.59 Å². The highest BCUT2D eigenvalue weighted by Gasteiger charge is 2.44. The van der Waals surface area contributed by atoms with E-state index in [-0.39, 0.29) is 27.8 Å². The Kier molecular flexibility index (Phi) is 5.68. The number of aromatic amines is 1. The number of alkyl halides is 1. The van der Waals surface area contributed by atoms with Crippen molar-refractivity contribution in [1.82, 2.24) is 14.8 Å². The van der Waals surface area contributed by atoms with E-state index in [1.165, 1.54) is 4.90 Å². The molecule has 9 heteroatoms. The maximum absolute atomic E-state index is 13.2. The zero-order valence-corrected chi connectivity index (χ0v) is 20.6. The normalized spacial score (nSPS) is 20.3. The average Bonchev–Trinajstić information content (AvgIpc) is 3.64. The van der Waals surface area contributed by atoms with E-state index in [4.69, 9.17) is 11.6 Å². The smallest absolute Gasteiger partial charge is 0.245 e. The maximum Gasteiger partial charge on any atom is 0.245 e. The molecule has 0 bridgehead atoms. The van der Waals surface area contributed by atoms with E-state index in [0.717, 1.165) is 27.7 Å². The summed E-state index contributed by atoms with van der Waals surface area (Å²) in [4.78, 5) is 33.2. The number of carbonyl (C=O) groups is 2. The van der Waals surface area contributed by atoms with Crippen molar-refractivity contribution in [2.75, 3.05) is 20.0 Å². The topological polar surface area (TPSA) is 90.6 Å². The molecule has 1 aliphatic carbocycles. The molecule has 178 valence electrons. The number of hydrogen-bond acceptors (Lipinski definition) is 4. The first-order valence-corrected chi connectivity index (χ1v) is 13.3. The van der Waals surface area contributed by atoms with Gasteiger partial charge in [0.25, 0.3) is 0 Å². The Morgan fingerprint density at radius 1 is 1.09 bits per heavy atom.